The predicted molar refractivity (Wildman–Crippen MR) is 112 cm³/mol. The molecule has 0 aliphatic heterocycles. The van der Waals surface area contributed by atoms with E-state index in [0.717, 1.165) is 17.5 Å². The number of fused-ring (bicyclic) bond motifs is 1. The second kappa shape index (κ2) is 6.83. The van der Waals surface area contributed by atoms with Crippen molar-refractivity contribution in [1.29, 1.82) is 0 Å². The molecule has 5 heteroatoms. The van der Waals surface area contributed by atoms with Crippen LogP contribution in [0.3, 0.4) is 0 Å². The van der Waals surface area contributed by atoms with Crippen molar-refractivity contribution in [3.63, 3.8) is 0 Å². The summed E-state index contributed by atoms with van der Waals surface area (Å²) in [5.41, 5.74) is 5.46. The number of carboxylic acids is 1. The van der Waals surface area contributed by atoms with Crippen molar-refractivity contribution < 1.29 is 9.90 Å². The fourth-order valence-corrected chi connectivity index (χ4v) is 4.43. The SMILES string of the molecule is CC1(C)CCC(C)(C)c2cc(C(c3ccc(C(=O)O)cc3)n3cncn3)ccc21. The average molecular weight is 389 g/mol. The van der Waals surface area contributed by atoms with Crippen LogP contribution in [-0.2, 0) is 10.8 Å². The highest BCUT2D eigenvalue weighted by molar-refractivity contribution is 5.87. The normalized spacial score (nSPS) is 18.1. The van der Waals surface area contributed by atoms with Crippen molar-refractivity contribution in [1.82, 2.24) is 14.8 Å². The quantitative estimate of drug-likeness (QED) is 0.684. The van der Waals surface area contributed by atoms with Crippen LogP contribution in [0.15, 0.2) is 55.1 Å². The Bertz CT molecular complexity index is 1030. The zero-order valence-corrected chi connectivity index (χ0v) is 17.4. The van der Waals surface area contributed by atoms with Crippen molar-refractivity contribution in [3.8, 4) is 0 Å². The predicted octanol–water partition coefficient (Wildman–Crippen LogP) is 4.96. The van der Waals surface area contributed by atoms with E-state index in [1.54, 1.807) is 18.5 Å². The molecule has 1 N–H and O–H groups in total. The molecule has 0 fully saturated rings. The molecule has 1 atom stereocenters. The number of aromatic carboxylic acids is 1. The van der Waals surface area contributed by atoms with Crippen molar-refractivity contribution in [2.75, 3.05) is 0 Å². The summed E-state index contributed by atoms with van der Waals surface area (Å²) in [5.74, 6) is -0.924. The largest absolute Gasteiger partial charge is 0.478 e. The van der Waals surface area contributed by atoms with Gasteiger partial charge < -0.3 is 5.11 Å². The molecule has 4 rings (SSSR count). The zero-order chi connectivity index (χ0) is 20.8. The van der Waals surface area contributed by atoms with Gasteiger partial charge in [-0.1, -0.05) is 58.0 Å². The maximum atomic E-state index is 11.2. The molecular weight excluding hydrogens is 362 g/mol. The van der Waals surface area contributed by atoms with E-state index in [0.29, 0.717) is 0 Å². The van der Waals surface area contributed by atoms with Crippen molar-refractivity contribution >= 4 is 5.97 Å². The van der Waals surface area contributed by atoms with Gasteiger partial charge in [-0.2, -0.15) is 5.10 Å². The summed E-state index contributed by atoms with van der Waals surface area (Å²) >= 11 is 0. The summed E-state index contributed by atoms with van der Waals surface area (Å²) in [6, 6.07) is 13.6. The fraction of sp³-hybridized carbons (Fsp3) is 0.375. The molecular formula is C24H27N3O2. The van der Waals surface area contributed by atoms with Crippen molar-refractivity contribution in [2.45, 2.75) is 57.4 Å². The van der Waals surface area contributed by atoms with Crippen LogP contribution in [0, 0.1) is 0 Å². The van der Waals surface area contributed by atoms with Gasteiger partial charge in [-0.3, -0.25) is 0 Å². The van der Waals surface area contributed by atoms with Gasteiger partial charge in [0.25, 0.3) is 0 Å². The first kappa shape index (κ1) is 19.4. The second-order valence-corrected chi connectivity index (χ2v) is 9.28. The molecule has 29 heavy (non-hydrogen) atoms. The number of aromatic nitrogens is 3. The fourth-order valence-electron chi connectivity index (χ4n) is 4.43. The summed E-state index contributed by atoms with van der Waals surface area (Å²) in [5, 5.41) is 13.6. The van der Waals surface area contributed by atoms with E-state index in [1.807, 2.05) is 16.8 Å². The molecule has 0 spiro atoms. The van der Waals surface area contributed by atoms with Crippen LogP contribution in [0.2, 0.25) is 0 Å². The van der Waals surface area contributed by atoms with Gasteiger partial charge in [-0.15, -0.1) is 0 Å². The van der Waals surface area contributed by atoms with E-state index >= 15 is 0 Å². The molecule has 0 radical (unpaired) electrons. The number of hydrogen-bond acceptors (Lipinski definition) is 3. The lowest BCUT2D eigenvalue weighted by Crippen LogP contribution is -2.34. The molecule has 150 valence electrons. The van der Waals surface area contributed by atoms with Gasteiger partial charge in [-0.05, 0) is 58.1 Å². The lowest BCUT2D eigenvalue weighted by Gasteiger charge is -2.42. The van der Waals surface area contributed by atoms with Crippen LogP contribution >= 0.6 is 0 Å². The highest BCUT2D eigenvalue weighted by Crippen LogP contribution is 2.46. The van der Waals surface area contributed by atoms with Gasteiger partial charge in [-0.25, -0.2) is 14.5 Å². The zero-order valence-electron chi connectivity index (χ0n) is 17.4. The topological polar surface area (TPSA) is 68.0 Å². The van der Waals surface area contributed by atoms with E-state index in [2.05, 4.69) is 56.0 Å². The molecule has 1 unspecified atom stereocenters. The molecule has 3 aromatic rings. The lowest BCUT2D eigenvalue weighted by molar-refractivity contribution is 0.0697. The Balaban J connectivity index is 1.85. The maximum Gasteiger partial charge on any atom is 0.335 e. The highest BCUT2D eigenvalue weighted by Gasteiger charge is 2.37. The van der Waals surface area contributed by atoms with Gasteiger partial charge in [0, 0.05) is 0 Å². The van der Waals surface area contributed by atoms with Crippen molar-refractivity contribution in [2.24, 2.45) is 0 Å². The molecule has 0 saturated carbocycles. The molecule has 1 aliphatic carbocycles. The van der Waals surface area contributed by atoms with E-state index in [1.165, 1.54) is 23.9 Å². The maximum absolute atomic E-state index is 11.2. The third-order valence-corrected chi connectivity index (χ3v) is 6.37. The highest BCUT2D eigenvalue weighted by atomic mass is 16.4. The molecule has 1 aliphatic rings. The minimum absolute atomic E-state index is 0.112. The number of benzene rings is 2. The van der Waals surface area contributed by atoms with Gasteiger partial charge >= 0.3 is 5.97 Å². The summed E-state index contributed by atoms with van der Waals surface area (Å²) in [7, 11) is 0. The minimum atomic E-state index is -0.924. The molecule has 1 heterocycles. The standard InChI is InChI=1S/C24H27N3O2/c1-23(2)11-12-24(3,4)20-13-18(9-10-19(20)23)21(27-15-25-14-26-27)16-5-7-17(8-6-16)22(28)29/h5-10,13-15,21H,11-12H2,1-4H3,(H,28,29). The molecule has 0 bridgehead atoms. The van der Waals surface area contributed by atoms with E-state index in [9.17, 15) is 9.90 Å². The van der Waals surface area contributed by atoms with Gasteiger partial charge in [0.2, 0.25) is 0 Å². The van der Waals surface area contributed by atoms with E-state index < -0.39 is 5.97 Å². The smallest absolute Gasteiger partial charge is 0.335 e. The van der Waals surface area contributed by atoms with Crippen LogP contribution in [0.5, 0.6) is 0 Å². The number of hydrogen-bond donors (Lipinski definition) is 1. The Morgan fingerprint density at radius 1 is 0.966 bits per heavy atom. The van der Waals surface area contributed by atoms with E-state index in [4.69, 9.17) is 0 Å². The van der Waals surface area contributed by atoms with Crippen LogP contribution in [0.4, 0.5) is 0 Å². The molecule has 1 aromatic heterocycles. The monoisotopic (exact) mass is 389 g/mol. The number of nitrogens with zero attached hydrogens (tertiary/aromatic N) is 3. The first-order valence-electron chi connectivity index (χ1n) is 10.0. The van der Waals surface area contributed by atoms with E-state index in [-0.39, 0.29) is 22.4 Å². The summed E-state index contributed by atoms with van der Waals surface area (Å²) < 4.78 is 1.83. The van der Waals surface area contributed by atoms with Gasteiger partial charge in [0.15, 0.2) is 0 Å². The Morgan fingerprint density at radius 3 is 2.17 bits per heavy atom. The summed E-state index contributed by atoms with van der Waals surface area (Å²) in [4.78, 5) is 15.4. The summed E-state index contributed by atoms with van der Waals surface area (Å²) in [6.07, 6.45) is 5.57. The molecule has 0 saturated heterocycles. The third kappa shape index (κ3) is 3.46. The lowest BCUT2D eigenvalue weighted by atomic mass is 9.63. The third-order valence-electron chi connectivity index (χ3n) is 6.37. The Kier molecular flexibility index (Phi) is 4.56. The van der Waals surface area contributed by atoms with Crippen molar-refractivity contribution in [3.05, 3.63) is 82.9 Å². The Labute approximate surface area is 171 Å². The number of carboxylic acid groups (broad SMARTS) is 1. The second-order valence-electron chi connectivity index (χ2n) is 9.28. The van der Waals surface area contributed by atoms with Crippen LogP contribution in [0.1, 0.15) is 79.2 Å². The molecule has 2 aromatic carbocycles. The Morgan fingerprint density at radius 2 is 1.59 bits per heavy atom. The first-order valence-corrected chi connectivity index (χ1v) is 10.0. The molecule has 5 nitrogen and oxygen atoms in total. The molecule has 0 amide bonds. The van der Waals surface area contributed by atoms with Crippen LogP contribution in [0.25, 0.3) is 0 Å². The summed E-state index contributed by atoms with van der Waals surface area (Å²) in [6.45, 7) is 9.27. The number of rotatable bonds is 4. The number of carbonyl (C=O) groups is 1. The van der Waals surface area contributed by atoms with Crippen LogP contribution < -0.4 is 0 Å². The Hall–Kier alpha value is -2.95. The first-order chi connectivity index (χ1) is 13.7. The van der Waals surface area contributed by atoms with Gasteiger partial charge in [0.1, 0.15) is 18.7 Å². The average Bonchev–Trinajstić information content (AvgIpc) is 3.20. The van der Waals surface area contributed by atoms with Gasteiger partial charge in [0.05, 0.1) is 5.56 Å². The minimum Gasteiger partial charge on any atom is -0.478 e. The van der Waals surface area contributed by atoms with Crippen LogP contribution in [-0.4, -0.2) is 25.8 Å².